The quantitative estimate of drug-likeness (QED) is 0.581. The van der Waals surface area contributed by atoms with Crippen LogP contribution in [0.15, 0.2) is 64.1 Å². The normalized spacial score (nSPS) is 10.9. The molecule has 4 rings (SSSR count). The molecule has 0 bridgehead atoms. The van der Waals surface area contributed by atoms with Gasteiger partial charge in [0.25, 0.3) is 11.9 Å². The first kappa shape index (κ1) is 16.6. The van der Waals surface area contributed by atoms with Crippen LogP contribution in [-0.2, 0) is 0 Å². The highest BCUT2D eigenvalue weighted by atomic mass is 16.4. The van der Waals surface area contributed by atoms with E-state index in [9.17, 15) is 9.59 Å². The molecular weight excluding hydrogens is 346 g/mol. The molecule has 1 amide bonds. The summed E-state index contributed by atoms with van der Waals surface area (Å²) in [5.74, 6) is -0.308. The van der Waals surface area contributed by atoms with Crippen molar-refractivity contribution in [3.63, 3.8) is 0 Å². The highest BCUT2D eigenvalue weighted by Gasteiger charge is 2.16. The van der Waals surface area contributed by atoms with Gasteiger partial charge in [-0.25, -0.2) is 4.79 Å². The Morgan fingerprint density at radius 3 is 2.78 bits per heavy atom. The number of para-hydroxylation sites is 1. The van der Waals surface area contributed by atoms with Crippen molar-refractivity contribution in [2.75, 3.05) is 24.3 Å². The first-order valence-corrected chi connectivity index (χ1v) is 8.27. The zero-order chi connectivity index (χ0) is 19.0. The number of hydrogen-bond donors (Lipinski definition) is 2. The van der Waals surface area contributed by atoms with Crippen molar-refractivity contribution in [3.8, 4) is 5.69 Å². The lowest BCUT2D eigenvalue weighted by Crippen LogP contribution is -2.15. The maximum atomic E-state index is 12.8. The van der Waals surface area contributed by atoms with Crippen LogP contribution in [0, 0.1) is 0 Å². The molecule has 27 heavy (non-hydrogen) atoms. The molecule has 0 fully saturated rings. The van der Waals surface area contributed by atoms with Gasteiger partial charge in [0.05, 0.1) is 11.3 Å². The zero-order valence-electron chi connectivity index (χ0n) is 14.8. The third-order valence-corrected chi connectivity index (χ3v) is 4.07. The molecule has 2 aromatic heterocycles. The number of nitrogens with one attached hydrogen (secondary N) is 2. The smallest absolute Gasteiger partial charge is 0.330 e. The van der Waals surface area contributed by atoms with Crippen LogP contribution in [0.3, 0.4) is 0 Å². The van der Waals surface area contributed by atoms with Crippen LogP contribution in [-0.4, -0.2) is 34.5 Å². The number of amides is 1. The average Bonchev–Trinajstić information content (AvgIpc) is 3.27. The minimum Gasteiger partial charge on any atom is -0.423 e. The summed E-state index contributed by atoms with van der Waals surface area (Å²) in [7, 11) is 3.64. The summed E-state index contributed by atoms with van der Waals surface area (Å²) in [5.41, 5.74) is 2.42. The molecule has 2 heterocycles. The van der Waals surface area contributed by atoms with Crippen molar-refractivity contribution in [1.29, 1.82) is 0 Å². The van der Waals surface area contributed by atoms with Crippen LogP contribution in [0.5, 0.6) is 0 Å². The minimum atomic E-state index is -0.308. The van der Waals surface area contributed by atoms with Crippen LogP contribution in [0.2, 0.25) is 0 Å². The van der Waals surface area contributed by atoms with Gasteiger partial charge in [0.1, 0.15) is 5.52 Å². The molecule has 0 aliphatic rings. The fourth-order valence-corrected chi connectivity index (χ4v) is 2.77. The van der Waals surface area contributed by atoms with Gasteiger partial charge in [0.15, 0.2) is 5.58 Å². The zero-order valence-corrected chi connectivity index (χ0v) is 14.8. The summed E-state index contributed by atoms with van der Waals surface area (Å²) in [4.78, 5) is 33.3. The van der Waals surface area contributed by atoms with Gasteiger partial charge in [0, 0.05) is 32.2 Å². The maximum absolute atomic E-state index is 12.8. The summed E-state index contributed by atoms with van der Waals surface area (Å²) < 4.78 is 7.10. The Balaban J connectivity index is 1.66. The van der Waals surface area contributed by atoms with E-state index in [2.05, 4.69) is 15.3 Å². The first-order chi connectivity index (χ1) is 13.0. The van der Waals surface area contributed by atoms with Gasteiger partial charge < -0.3 is 19.6 Å². The second kappa shape index (κ2) is 6.49. The maximum Gasteiger partial charge on any atom is 0.330 e. The lowest BCUT2D eigenvalue weighted by Gasteiger charge is -2.08. The molecule has 0 aliphatic carbocycles. The van der Waals surface area contributed by atoms with E-state index in [-0.39, 0.29) is 11.6 Å². The molecule has 0 saturated heterocycles. The SMILES string of the molecule is CN(C)c1nc2c(C(=O)Nc3cccc(-n4cc[nH]c4=O)c3)cccc2o1. The number of carbonyl (C=O) groups excluding carboxylic acids is 1. The topological polar surface area (TPSA) is 96.2 Å². The molecule has 2 N–H and O–H groups in total. The Bertz CT molecular complexity index is 1190. The van der Waals surface area contributed by atoms with E-state index >= 15 is 0 Å². The van der Waals surface area contributed by atoms with Gasteiger partial charge in [-0.3, -0.25) is 9.36 Å². The van der Waals surface area contributed by atoms with E-state index in [0.29, 0.717) is 34.1 Å². The molecule has 0 unspecified atom stereocenters. The number of rotatable bonds is 4. The molecular formula is C19H17N5O3. The summed E-state index contributed by atoms with van der Waals surface area (Å²) in [6, 6.07) is 12.7. The number of fused-ring (bicyclic) bond motifs is 1. The van der Waals surface area contributed by atoms with Gasteiger partial charge in [-0.2, -0.15) is 4.98 Å². The minimum absolute atomic E-state index is 0.248. The number of nitrogens with zero attached hydrogens (tertiary/aromatic N) is 3. The average molecular weight is 363 g/mol. The largest absolute Gasteiger partial charge is 0.423 e. The molecule has 136 valence electrons. The van der Waals surface area contributed by atoms with Crippen molar-refractivity contribution in [3.05, 3.63) is 70.9 Å². The van der Waals surface area contributed by atoms with E-state index in [1.54, 1.807) is 59.8 Å². The van der Waals surface area contributed by atoms with E-state index in [4.69, 9.17) is 4.42 Å². The lowest BCUT2D eigenvalue weighted by atomic mass is 10.1. The van der Waals surface area contributed by atoms with Crippen LogP contribution in [0.4, 0.5) is 11.7 Å². The predicted molar refractivity (Wildman–Crippen MR) is 103 cm³/mol. The molecule has 0 spiro atoms. The Morgan fingerprint density at radius 1 is 1.22 bits per heavy atom. The summed E-state index contributed by atoms with van der Waals surface area (Å²) in [6.07, 6.45) is 3.18. The second-order valence-electron chi connectivity index (χ2n) is 6.18. The van der Waals surface area contributed by atoms with Gasteiger partial charge in [-0.05, 0) is 30.3 Å². The molecule has 0 saturated carbocycles. The number of H-pyrrole nitrogens is 1. The second-order valence-corrected chi connectivity index (χ2v) is 6.18. The third-order valence-electron chi connectivity index (χ3n) is 4.07. The Kier molecular flexibility index (Phi) is 4.00. The Hall–Kier alpha value is -3.81. The van der Waals surface area contributed by atoms with Crippen molar-refractivity contribution in [2.24, 2.45) is 0 Å². The fourth-order valence-electron chi connectivity index (χ4n) is 2.77. The Morgan fingerprint density at radius 2 is 2.04 bits per heavy atom. The highest BCUT2D eigenvalue weighted by molar-refractivity contribution is 6.11. The molecule has 4 aromatic rings. The van der Waals surface area contributed by atoms with E-state index < -0.39 is 0 Å². The van der Waals surface area contributed by atoms with Gasteiger partial charge in [-0.15, -0.1) is 0 Å². The van der Waals surface area contributed by atoms with Crippen LogP contribution >= 0.6 is 0 Å². The number of benzene rings is 2. The van der Waals surface area contributed by atoms with Crippen molar-refractivity contribution < 1.29 is 9.21 Å². The molecule has 8 heteroatoms. The summed E-state index contributed by atoms with van der Waals surface area (Å²) in [5, 5.41) is 2.85. The number of aromatic amines is 1. The monoisotopic (exact) mass is 363 g/mol. The molecule has 0 aliphatic heterocycles. The number of oxazole rings is 1. The molecule has 8 nitrogen and oxygen atoms in total. The van der Waals surface area contributed by atoms with E-state index in [1.807, 2.05) is 14.1 Å². The highest BCUT2D eigenvalue weighted by Crippen LogP contribution is 2.24. The summed E-state index contributed by atoms with van der Waals surface area (Å²) >= 11 is 0. The van der Waals surface area contributed by atoms with E-state index in [0.717, 1.165) is 0 Å². The molecule has 0 radical (unpaired) electrons. The van der Waals surface area contributed by atoms with Crippen LogP contribution in [0.1, 0.15) is 10.4 Å². The molecule has 0 atom stereocenters. The van der Waals surface area contributed by atoms with Crippen molar-refractivity contribution >= 4 is 28.7 Å². The van der Waals surface area contributed by atoms with Crippen molar-refractivity contribution in [1.82, 2.24) is 14.5 Å². The fraction of sp³-hybridized carbons (Fsp3) is 0.105. The van der Waals surface area contributed by atoms with Gasteiger partial charge in [0.2, 0.25) is 0 Å². The van der Waals surface area contributed by atoms with Gasteiger partial charge in [-0.1, -0.05) is 12.1 Å². The van der Waals surface area contributed by atoms with Crippen LogP contribution < -0.4 is 15.9 Å². The number of anilines is 2. The predicted octanol–water partition coefficient (Wildman–Crippen LogP) is 2.63. The first-order valence-electron chi connectivity index (χ1n) is 8.27. The van der Waals surface area contributed by atoms with E-state index in [1.165, 1.54) is 4.57 Å². The number of hydrogen-bond acceptors (Lipinski definition) is 5. The standard InChI is InChI=1S/C19H17N5O3/c1-23(2)19-22-16-14(7-4-8-15(16)27-19)17(25)21-12-5-3-6-13(11-12)24-10-9-20-18(24)26/h3-11H,1-2H3,(H,20,26)(H,21,25). The molecule has 2 aromatic carbocycles. The van der Waals surface area contributed by atoms with Crippen molar-refractivity contribution in [2.45, 2.75) is 0 Å². The number of aromatic nitrogens is 3. The summed E-state index contributed by atoms with van der Waals surface area (Å²) in [6.45, 7) is 0. The lowest BCUT2D eigenvalue weighted by molar-refractivity contribution is 0.102. The number of carbonyl (C=O) groups is 1. The Labute approximate surface area is 154 Å². The third kappa shape index (κ3) is 3.08. The van der Waals surface area contributed by atoms with Gasteiger partial charge >= 0.3 is 5.69 Å². The number of imidazole rings is 1. The van der Waals surface area contributed by atoms with Crippen LogP contribution in [0.25, 0.3) is 16.8 Å².